The van der Waals surface area contributed by atoms with Gasteiger partial charge in [0.05, 0.1) is 6.10 Å². The third-order valence-corrected chi connectivity index (χ3v) is 3.75. The number of aryl methyl sites for hydroxylation is 1. The van der Waals surface area contributed by atoms with Crippen molar-refractivity contribution in [2.45, 2.75) is 26.4 Å². The first-order chi connectivity index (χ1) is 7.72. The van der Waals surface area contributed by atoms with E-state index in [1.165, 1.54) is 9.75 Å². The van der Waals surface area contributed by atoms with Gasteiger partial charge in [0.1, 0.15) is 0 Å². The number of thiophene rings is 1. The van der Waals surface area contributed by atoms with Crippen LogP contribution in [0.2, 0.25) is 0 Å². The fraction of sp³-hybridized carbons (Fsp3) is 0.286. The van der Waals surface area contributed by atoms with Crippen LogP contribution in [-0.2, 0) is 0 Å². The molecule has 1 N–H and O–H groups in total. The molecule has 1 aromatic carbocycles. The van der Waals surface area contributed by atoms with Crippen LogP contribution in [0.25, 0.3) is 10.4 Å². The van der Waals surface area contributed by atoms with Crippen LogP contribution in [-0.4, -0.2) is 5.11 Å². The van der Waals surface area contributed by atoms with E-state index in [9.17, 15) is 5.11 Å². The first kappa shape index (κ1) is 11.4. The second-order valence-corrected chi connectivity index (χ2v) is 5.21. The standard InChI is InChI=1S/C14H16OS/c1-3-13(15)11-6-4-5-7-12(11)14-9-8-10(2)16-14/h4-9,13,15H,3H2,1-2H3/t13-/m1/s1. The fourth-order valence-electron chi connectivity index (χ4n) is 1.81. The van der Waals surface area contributed by atoms with Gasteiger partial charge in [-0.15, -0.1) is 11.3 Å². The molecule has 0 saturated heterocycles. The summed E-state index contributed by atoms with van der Waals surface area (Å²) in [6.07, 6.45) is 0.389. The van der Waals surface area contributed by atoms with Gasteiger partial charge in [0, 0.05) is 9.75 Å². The molecule has 0 amide bonds. The molecule has 1 nitrogen and oxygen atoms in total. The van der Waals surface area contributed by atoms with Crippen molar-refractivity contribution in [3.63, 3.8) is 0 Å². The third kappa shape index (κ3) is 2.18. The van der Waals surface area contributed by atoms with Crippen LogP contribution in [0.1, 0.15) is 29.9 Å². The highest BCUT2D eigenvalue weighted by atomic mass is 32.1. The van der Waals surface area contributed by atoms with E-state index in [4.69, 9.17) is 0 Å². The maximum atomic E-state index is 9.98. The van der Waals surface area contributed by atoms with E-state index in [0.717, 1.165) is 17.5 Å². The first-order valence-corrected chi connectivity index (χ1v) is 6.38. The van der Waals surface area contributed by atoms with Crippen molar-refractivity contribution >= 4 is 11.3 Å². The zero-order valence-corrected chi connectivity index (χ0v) is 10.4. The highest BCUT2D eigenvalue weighted by Gasteiger charge is 2.12. The minimum absolute atomic E-state index is 0.362. The molecule has 84 valence electrons. The quantitative estimate of drug-likeness (QED) is 0.842. The molecule has 0 aliphatic rings. The zero-order valence-electron chi connectivity index (χ0n) is 9.60. The normalized spacial score (nSPS) is 12.7. The number of hydrogen-bond donors (Lipinski definition) is 1. The summed E-state index contributed by atoms with van der Waals surface area (Å²) in [5, 5.41) is 9.98. The van der Waals surface area contributed by atoms with Crippen molar-refractivity contribution in [3.05, 3.63) is 46.8 Å². The first-order valence-electron chi connectivity index (χ1n) is 5.56. The van der Waals surface area contributed by atoms with Gasteiger partial charge in [0.15, 0.2) is 0 Å². The van der Waals surface area contributed by atoms with Crippen LogP contribution in [0.5, 0.6) is 0 Å². The lowest BCUT2D eigenvalue weighted by atomic mass is 10.00. The predicted molar refractivity (Wildman–Crippen MR) is 69.7 cm³/mol. The average Bonchev–Trinajstić information content (AvgIpc) is 2.75. The van der Waals surface area contributed by atoms with Gasteiger partial charge in [0.25, 0.3) is 0 Å². The largest absolute Gasteiger partial charge is 0.388 e. The predicted octanol–water partition coefficient (Wildman–Crippen LogP) is 4.17. The van der Waals surface area contributed by atoms with Crippen molar-refractivity contribution in [1.82, 2.24) is 0 Å². The number of hydrogen-bond acceptors (Lipinski definition) is 2. The van der Waals surface area contributed by atoms with Gasteiger partial charge >= 0.3 is 0 Å². The summed E-state index contributed by atoms with van der Waals surface area (Å²) >= 11 is 1.77. The Hall–Kier alpha value is -1.12. The van der Waals surface area contributed by atoms with Crippen molar-refractivity contribution in [1.29, 1.82) is 0 Å². The summed E-state index contributed by atoms with van der Waals surface area (Å²) in [6, 6.07) is 12.4. The highest BCUT2D eigenvalue weighted by molar-refractivity contribution is 7.15. The van der Waals surface area contributed by atoms with Gasteiger partial charge in [-0.3, -0.25) is 0 Å². The number of rotatable bonds is 3. The molecule has 1 heterocycles. The van der Waals surface area contributed by atoms with Crippen LogP contribution >= 0.6 is 11.3 Å². The van der Waals surface area contributed by atoms with Gasteiger partial charge < -0.3 is 5.11 Å². The molecule has 0 bridgehead atoms. The summed E-state index contributed by atoms with van der Waals surface area (Å²) < 4.78 is 0. The zero-order chi connectivity index (χ0) is 11.5. The molecule has 1 atom stereocenters. The minimum Gasteiger partial charge on any atom is -0.388 e. The summed E-state index contributed by atoms with van der Waals surface area (Å²) in [6.45, 7) is 4.11. The van der Waals surface area contributed by atoms with Crippen molar-refractivity contribution in [2.24, 2.45) is 0 Å². The Balaban J connectivity index is 2.48. The number of aliphatic hydroxyl groups is 1. The Morgan fingerprint density at radius 1 is 1.19 bits per heavy atom. The van der Waals surface area contributed by atoms with Gasteiger partial charge in [-0.05, 0) is 36.6 Å². The molecule has 0 radical (unpaired) electrons. The van der Waals surface area contributed by atoms with Crippen molar-refractivity contribution in [3.8, 4) is 10.4 Å². The molecule has 2 aromatic rings. The van der Waals surface area contributed by atoms with Gasteiger partial charge in [-0.1, -0.05) is 31.2 Å². The maximum absolute atomic E-state index is 9.98. The summed E-state index contributed by atoms with van der Waals surface area (Å²) in [5.41, 5.74) is 2.20. The Morgan fingerprint density at radius 2 is 1.94 bits per heavy atom. The smallest absolute Gasteiger partial charge is 0.0793 e. The summed E-state index contributed by atoms with van der Waals surface area (Å²) in [5.74, 6) is 0. The van der Waals surface area contributed by atoms with Crippen molar-refractivity contribution < 1.29 is 5.11 Å². The Kier molecular flexibility index (Phi) is 3.42. The van der Waals surface area contributed by atoms with Crippen LogP contribution in [0, 0.1) is 6.92 Å². The van der Waals surface area contributed by atoms with Gasteiger partial charge in [0.2, 0.25) is 0 Å². The molecule has 0 fully saturated rings. The second kappa shape index (κ2) is 4.81. The SMILES string of the molecule is CC[C@@H](O)c1ccccc1-c1ccc(C)s1. The molecular formula is C14H16OS. The molecular weight excluding hydrogens is 216 g/mol. The van der Waals surface area contributed by atoms with Crippen molar-refractivity contribution in [2.75, 3.05) is 0 Å². The maximum Gasteiger partial charge on any atom is 0.0793 e. The lowest BCUT2D eigenvalue weighted by molar-refractivity contribution is 0.174. The van der Waals surface area contributed by atoms with E-state index in [1.807, 2.05) is 25.1 Å². The molecule has 0 spiro atoms. The van der Waals surface area contributed by atoms with Crippen LogP contribution in [0.3, 0.4) is 0 Å². The fourth-order valence-corrected chi connectivity index (χ4v) is 2.73. The molecule has 0 aliphatic carbocycles. The number of aliphatic hydroxyl groups excluding tert-OH is 1. The second-order valence-electron chi connectivity index (χ2n) is 3.92. The van der Waals surface area contributed by atoms with E-state index >= 15 is 0 Å². The number of benzene rings is 1. The van der Waals surface area contributed by atoms with Crippen LogP contribution in [0.4, 0.5) is 0 Å². The van der Waals surface area contributed by atoms with Gasteiger partial charge in [-0.2, -0.15) is 0 Å². The van der Waals surface area contributed by atoms with E-state index in [0.29, 0.717) is 0 Å². The molecule has 2 rings (SSSR count). The summed E-state index contributed by atoms with van der Waals surface area (Å²) in [4.78, 5) is 2.54. The Labute approximate surface area is 100 Å². The van der Waals surface area contributed by atoms with E-state index in [2.05, 4.69) is 25.1 Å². The molecule has 16 heavy (non-hydrogen) atoms. The molecule has 1 aromatic heterocycles. The van der Waals surface area contributed by atoms with Crippen LogP contribution < -0.4 is 0 Å². The molecule has 2 heteroatoms. The monoisotopic (exact) mass is 232 g/mol. The third-order valence-electron chi connectivity index (χ3n) is 2.71. The highest BCUT2D eigenvalue weighted by Crippen LogP contribution is 2.33. The average molecular weight is 232 g/mol. The Bertz CT molecular complexity index is 473. The molecule has 0 aliphatic heterocycles. The topological polar surface area (TPSA) is 20.2 Å². The van der Waals surface area contributed by atoms with E-state index in [-0.39, 0.29) is 6.10 Å². The van der Waals surface area contributed by atoms with E-state index < -0.39 is 0 Å². The van der Waals surface area contributed by atoms with E-state index in [1.54, 1.807) is 11.3 Å². The van der Waals surface area contributed by atoms with Crippen LogP contribution in [0.15, 0.2) is 36.4 Å². The van der Waals surface area contributed by atoms with Gasteiger partial charge in [-0.25, -0.2) is 0 Å². The lowest BCUT2D eigenvalue weighted by Gasteiger charge is -2.12. The lowest BCUT2D eigenvalue weighted by Crippen LogP contribution is -1.97. The summed E-state index contributed by atoms with van der Waals surface area (Å²) in [7, 11) is 0. The molecule has 0 saturated carbocycles. The molecule has 0 unspecified atom stereocenters. The minimum atomic E-state index is -0.362. The Morgan fingerprint density at radius 3 is 2.56 bits per heavy atom.